The number of hydrogen-bond donors (Lipinski definition) is 3. The summed E-state index contributed by atoms with van der Waals surface area (Å²) in [5.41, 5.74) is 2.23. The van der Waals surface area contributed by atoms with E-state index in [4.69, 9.17) is 0 Å². The molecule has 9 heteroatoms. The number of aromatic amines is 2. The first-order valence-electron chi connectivity index (χ1n) is 7.80. The summed E-state index contributed by atoms with van der Waals surface area (Å²) < 4.78 is 26.0. The molecular weight excluding hydrogens is 356 g/mol. The van der Waals surface area contributed by atoms with Crippen LogP contribution >= 0.6 is 0 Å². The molecule has 26 heavy (non-hydrogen) atoms. The van der Waals surface area contributed by atoms with Gasteiger partial charge in [-0.15, -0.1) is 0 Å². The highest BCUT2D eigenvalue weighted by molar-refractivity contribution is 7.89. The number of likely N-dealkylation sites (N-methyl/N-ethyl adjacent to an activating group) is 1. The van der Waals surface area contributed by atoms with Gasteiger partial charge in [0.1, 0.15) is 0 Å². The number of hydrogen-bond acceptors (Lipinski definition) is 4. The van der Waals surface area contributed by atoms with Crippen molar-refractivity contribution >= 4 is 32.7 Å². The lowest BCUT2D eigenvalue weighted by Gasteiger charge is -2.17. The number of H-pyrrole nitrogens is 2. The molecule has 2 aromatic carbocycles. The van der Waals surface area contributed by atoms with Crippen LogP contribution in [-0.2, 0) is 14.8 Å². The van der Waals surface area contributed by atoms with Crippen LogP contribution in [0, 0.1) is 6.92 Å². The molecule has 136 valence electrons. The van der Waals surface area contributed by atoms with Crippen LogP contribution in [0.1, 0.15) is 5.56 Å². The molecule has 0 spiro atoms. The number of amides is 1. The zero-order chi connectivity index (χ0) is 18.9. The molecule has 0 radical (unpaired) electrons. The third kappa shape index (κ3) is 3.68. The minimum Gasteiger partial charge on any atom is -0.325 e. The maximum Gasteiger partial charge on any atom is 0.323 e. The Bertz CT molecular complexity index is 1110. The number of nitrogens with one attached hydrogen (secondary N) is 3. The van der Waals surface area contributed by atoms with Gasteiger partial charge in [-0.2, -0.15) is 4.31 Å². The van der Waals surface area contributed by atoms with Gasteiger partial charge >= 0.3 is 5.69 Å². The molecule has 8 nitrogen and oxygen atoms in total. The Hall–Kier alpha value is -2.91. The molecule has 0 aliphatic heterocycles. The molecule has 1 amide bonds. The van der Waals surface area contributed by atoms with Crippen molar-refractivity contribution in [2.45, 2.75) is 11.8 Å². The van der Waals surface area contributed by atoms with Crippen molar-refractivity contribution in [1.82, 2.24) is 14.3 Å². The van der Waals surface area contributed by atoms with E-state index in [0.717, 1.165) is 9.87 Å². The molecule has 0 aliphatic rings. The number of aryl methyl sites for hydroxylation is 1. The number of rotatable bonds is 5. The third-order valence-electron chi connectivity index (χ3n) is 3.90. The zero-order valence-electron chi connectivity index (χ0n) is 14.2. The number of aromatic nitrogens is 2. The van der Waals surface area contributed by atoms with Crippen molar-refractivity contribution in [2.75, 3.05) is 18.9 Å². The predicted molar refractivity (Wildman–Crippen MR) is 98.5 cm³/mol. The van der Waals surface area contributed by atoms with E-state index >= 15 is 0 Å². The number of nitrogens with zero attached hydrogens (tertiary/aromatic N) is 1. The molecule has 3 aromatic rings. The summed E-state index contributed by atoms with van der Waals surface area (Å²) in [5, 5.41) is 2.63. The van der Waals surface area contributed by atoms with E-state index in [9.17, 15) is 18.0 Å². The highest BCUT2D eigenvalue weighted by atomic mass is 32.2. The highest BCUT2D eigenvalue weighted by Crippen LogP contribution is 2.16. The number of imidazole rings is 1. The minimum absolute atomic E-state index is 0.129. The maximum absolute atomic E-state index is 12.5. The van der Waals surface area contributed by atoms with Crippen molar-refractivity contribution < 1.29 is 13.2 Å². The SMILES string of the molecule is Cc1ccc(S(=O)(=O)N(C)CC(=O)Nc2ccc3[nH]c(=O)[nH]c3c2)cc1. The van der Waals surface area contributed by atoms with Gasteiger partial charge in [0.05, 0.1) is 22.5 Å². The number of anilines is 1. The Labute approximate surface area is 149 Å². The average Bonchev–Trinajstić information content (AvgIpc) is 2.94. The lowest BCUT2D eigenvalue weighted by molar-refractivity contribution is -0.116. The van der Waals surface area contributed by atoms with Gasteiger partial charge < -0.3 is 15.3 Å². The van der Waals surface area contributed by atoms with E-state index in [0.29, 0.717) is 16.7 Å². The molecule has 3 N–H and O–H groups in total. The van der Waals surface area contributed by atoms with Crippen LogP contribution in [0.5, 0.6) is 0 Å². The second-order valence-corrected chi connectivity index (χ2v) is 8.01. The number of carbonyl (C=O) groups is 1. The van der Waals surface area contributed by atoms with Gasteiger partial charge in [-0.3, -0.25) is 4.79 Å². The van der Waals surface area contributed by atoms with E-state index in [1.807, 2.05) is 6.92 Å². The van der Waals surface area contributed by atoms with Gasteiger partial charge in [-0.25, -0.2) is 13.2 Å². The van der Waals surface area contributed by atoms with E-state index < -0.39 is 15.9 Å². The number of benzene rings is 2. The lowest BCUT2D eigenvalue weighted by Crippen LogP contribution is -2.34. The van der Waals surface area contributed by atoms with Crippen molar-refractivity contribution in [3.05, 3.63) is 58.5 Å². The smallest absolute Gasteiger partial charge is 0.323 e. The highest BCUT2D eigenvalue weighted by Gasteiger charge is 2.22. The molecule has 0 saturated carbocycles. The average molecular weight is 374 g/mol. The van der Waals surface area contributed by atoms with E-state index in [1.54, 1.807) is 30.3 Å². The summed E-state index contributed by atoms with van der Waals surface area (Å²) in [6, 6.07) is 11.3. The Morgan fingerprint density at radius 1 is 1.08 bits per heavy atom. The first-order valence-corrected chi connectivity index (χ1v) is 9.24. The predicted octanol–water partition coefficient (Wildman–Crippen LogP) is 1.42. The second kappa shape index (κ2) is 6.77. The molecule has 0 saturated heterocycles. The van der Waals surface area contributed by atoms with Gasteiger partial charge in [-0.1, -0.05) is 17.7 Å². The number of carbonyl (C=O) groups excluding carboxylic acids is 1. The Morgan fingerprint density at radius 2 is 1.73 bits per heavy atom. The summed E-state index contributed by atoms with van der Waals surface area (Å²) in [6.07, 6.45) is 0. The van der Waals surface area contributed by atoms with Gasteiger partial charge in [-0.05, 0) is 37.3 Å². The lowest BCUT2D eigenvalue weighted by atomic mass is 10.2. The van der Waals surface area contributed by atoms with Crippen LogP contribution in [0.25, 0.3) is 11.0 Å². The van der Waals surface area contributed by atoms with Crippen LogP contribution in [0.3, 0.4) is 0 Å². The topological polar surface area (TPSA) is 115 Å². The molecule has 3 rings (SSSR count). The molecule has 0 bridgehead atoms. The fraction of sp³-hybridized carbons (Fsp3) is 0.176. The molecule has 1 heterocycles. The fourth-order valence-electron chi connectivity index (χ4n) is 2.49. The van der Waals surface area contributed by atoms with Crippen LogP contribution in [-0.4, -0.2) is 42.2 Å². The van der Waals surface area contributed by atoms with Crippen LogP contribution in [0.15, 0.2) is 52.2 Å². The first-order chi connectivity index (χ1) is 12.3. The largest absolute Gasteiger partial charge is 0.325 e. The van der Waals surface area contributed by atoms with Gasteiger partial charge in [0.25, 0.3) is 0 Å². The van der Waals surface area contributed by atoms with Crippen molar-refractivity contribution in [3.8, 4) is 0 Å². The molecular formula is C17H18N4O4S. The van der Waals surface area contributed by atoms with Crippen LogP contribution in [0.2, 0.25) is 0 Å². The summed E-state index contributed by atoms with van der Waals surface area (Å²) in [7, 11) is -2.41. The summed E-state index contributed by atoms with van der Waals surface area (Å²) in [4.78, 5) is 28.8. The fourth-order valence-corrected chi connectivity index (χ4v) is 3.62. The Kier molecular flexibility index (Phi) is 4.66. The van der Waals surface area contributed by atoms with E-state index in [1.165, 1.54) is 19.2 Å². The molecule has 0 atom stereocenters. The van der Waals surface area contributed by atoms with Crippen molar-refractivity contribution in [2.24, 2.45) is 0 Å². The molecule has 1 aromatic heterocycles. The van der Waals surface area contributed by atoms with Gasteiger partial charge in [0.2, 0.25) is 15.9 Å². The third-order valence-corrected chi connectivity index (χ3v) is 5.71. The molecule has 0 fully saturated rings. The summed E-state index contributed by atoms with van der Waals surface area (Å²) >= 11 is 0. The van der Waals surface area contributed by atoms with Crippen molar-refractivity contribution in [1.29, 1.82) is 0 Å². The van der Waals surface area contributed by atoms with Crippen LogP contribution < -0.4 is 11.0 Å². The molecule has 0 aliphatic carbocycles. The quantitative estimate of drug-likeness (QED) is 0.626. The van der Waals surface area contributed by atoms with Crippen molar-refractivity contribution in [3.63, 3.8) is 0 Å². The van der Waals surface area contributed by atoms with E-state index in [2.05, 4.69) is 15.3 Å². The summed E-state index contributed by atoms with van der Waals surface area (Å²) in [6.45, 7) is 1.53. The number of fused-ring (bicyclic) bond motifs is 1. The summed E-state index contributed by atoms with van der Waals surface area (Å²) in [5.74, 6) is -0.486. The molecule has 0 unspecified atom stereocenters. The second-order valence-electron chi connectivity index (χ2n) is 5.96. The van der Waals surface area contributed by atoms with E-state index in [-0.39, 0.29) is 17.1 Å². The maximum atomic E-state index is 12.5. The van der Waals surface area contributed by atoms with Gasteiger partial charge in [0, 0.05) is 12.7 Å². The van der Waals surface area contributed by atoms with Crippen LogP contribution in [0.4, 0.5) is 5.69 Å². The minimum atomic E-state index is -3.75. The normalized spacial score (nSPS) is 11.8. The monoisotopic (exact) mass is 374 g/mol. The Balaban J connectivity index is 1.71. The van der Waals surface area contributed by atoms with Gasteiger partial charge in [0.15, 0.2) is 0 Å². The standard InChI is InChI=1S/C17H18N4O4S/c1-11-3-6-13(7-4-11)26(24,25)21(2)10-16(22)18-12-5-8-14-15(9-12)20-17(23)19-14/h3-9H,10H2,1-2H3,(H,18,22)(H2,19,20,23). The number of sulfonamides is 1. The zero-order valence-corrected chi connectivity index (χ0v) is 15.1. The first kappa shape index (κ1) is 17.9. The Morgan fingerprint density at radius 3 is 2.42 bits per heavy atom.